The third-order valence-electron chi connectivity index (χ3n) is 3.81. The molecule has 0 aliphatic carbocycles. The number of pyridine rings is 1. The van der Waals surface area contributed by atoms with Gasteiger partial charge in [0.05, 0.1) is 27.6 Å². The van der Waals surface area contributed by atoms with Gasteiger partial charge in [-0.3, -0.25) is 5.01 Å². The normalized spacial score (nSPS) is 12.8. The minimum atomic E-state index is -4.78. The number of benzene rings is 1. The molecule has 0 spiro atoms. The summed E-state index contributed by atoms with van der Waals surface area (Å²) in [5.74, 6) is -0.359. The molecule has 0 fully saturated rings. The van der Waals surface area contributed by atoms with Crippen LogP contribution in [0.4, 0.5) is 32.2 Å². The van der Waals surface area contributed by atoms with Crippen LogP contribution >= 0.6 is 11.6 Å². The van der Waals surface area contributed by atoms with Crippen molar-refractivity contribution in [1.29, 1.82) is 0 Å². The van der Waals surface area contributed by atoms with Gasteiger partial charge in [0.15, 0.2) is 5.82 Å². The highest BCUT2D eigenvalue weighted by Crippen LogP contribution is 2.35. The first kappa shape index (κ1) is 24.0. The number of hydrogen-bond donors (Lipinski definition) is 0. The van der Waals surface area contributed by atoms with E-state index in [1.54, 1.807) is 0 Å². The number of hydrazine groups is 1. The van der Waals surface area contributed by atoms with Crippen LogP contribution in [0.3, 0.4) is 0 Å². The maximum atomic E-state index is 13.0. The predicted molar refractivity (Wildman–Crippen MR) is 98.2 cm³/mol. The molecule has 30 heavy (non-hydrogen) atoms. The van der Waals surface area contributed by atoms with E-state index in [0.717, 1.165) is 30.3 Å². The molecule has 1 aromatic heterocycles. The van der Waals surface area contributed by atoms with Crippen molar-refractivity contribution in [3.8, 4) is 0 Å². The second kappa shape index (κ2) is 8.44. The van der Waals surface area contributed by atoms with Gasteiger partial charge in [-0.05, 0) is 24.3 Å². The van der Waals surface area contributed by atoms with Crippen molar-refractivity contribution in [3.63, 3.8) is 0 Å². The lowest BCUT2D eigenvalue weighted by atomic mass is 10.2. The van der Waals surface area contributed by atoms with Crippen LogP contribution in [0, 0.1) is 0 Å². The van der Waals surface area contributed by atoms with Gasteiger partial charge in [0, 0.05) is 13.2 Å². The van der Waals surface area contributed by atoms with Gasteiger partial charge in [-0.1, -0.05) is 23.7 Å². The van der Waals surface area contributed by atoms with E-state index in [4.69, 9.17) is 11.6 Å². The second-order valence-corrected chi connectivity index (χ2v) is 8.13. The molecular formula is C17H14ClF6N3O2S. The average molecular weight is 474 g/mol. The number of rotatable bonds is 6. The maximum Gasteiger partial charge on any atom is 0.417 e. The number of hydrogen-bond acceptors (Lipinski definition) is 4. The highest BCUT2D eigenvalue weighted by Gasteiger charge is 2.35. The van der Waals surface area contributed by atoms with E-state index in [0.29, 0.717) is 28.8 Å². The van der Waals surface area contributed by atoms with Crippen molar-refractivity contribution >= 4 is 27.4 Å². The molecule has 0 N–H and O–H groups in total. The lowest BCUT2D eigenvalue weighted by molar-refractivity contribution is -0.138. The summed E-state index contributed by atoms with van der Waals surface area (Å²) >= 11 is 5.86. The Morgan fingerprint density at radius 3 is 2.20 bits per heavy atom. The lowest BCUT2D eigenvalue weighted by Crippen LogP contribution is -2.45. The zero-order chi connectivity index (χ0) is 22.9. The molecule has 13 heteroatoms. The molecule has 0 unspecified atom stereocenters. The average Bonchev–Trinajstić information content (AvgIpc) is 2.64. The maximum absolute atomic E-state index is 13.0. The molecule has 1 aromatic carbocycles. The molecular weight excluding hydrogens is 460 g/mol. The third kappa shape index (κ3) is 5.05. The summed E-state index contributed by atoms with van der Waals surface area (Å²) in [6.07, 6.45) is -7.90. The van der Waals surface area contributed by atoms with Crippen LogP contribution < -0.4 is 5.01 Å². The fourth-order valence-electron chi connectivity index (χ4n) is 2.38. The van der Waals surface area contributed by atoms with Crippen molar-refractivity contribution in [3.05, 3.63) is 65.3 Å². The lowest BCUT2D eigenvalue weighted by Gasteiger charge is -2.31. The second-order valence-electron chi connectivity index (χ2n) is 5.87. The number of anilines is 1. The van der Waals surface area contributed by atoms with Crippen LogP contribution in [0.15, 0.2) is 54.1 Å². The van der Waals surface area contributed by atoms with E-state index in [-0.39, 0.29) is 5.82 Å². The van der Waals surface area contributed by atoms with Crippen LogP contribution in [0.5, 0.6) is 0 Å². The SMILES string of the molecule is C=CCN(N(C)c1ncc(C(F)(F)F)cc1Cl)S(=O)(=O)c1cccc(C(F)(F)F)c1. The van der Waals surface area contributed by atoms with E-state index in [9.17, 15) is 34.8 Å². The van der Waals surface area contributed by atoms with Gasteiger partial charge < -0.3 is 0 Å². The molecule has 2 aromatic rings. The van der Waals surface area contributed by atoms with Crippen molar-refractivity contribution < 1.29 is 34.8 Å². The number of aromatic nitrogens is 1. The fourth-order valence-corrected chi connectivity index (χ4v) is 4.14. The molecule has 0 saturated carbocycles. The summed E-state index contributed by atoms with van der Waals surface area (Å²) < 4.78 is 104. The summed E-state index contributed by atoms with van der Waals surface area (Å²) in [6.45, 7) is 2.97. The van der Waals surface area contributed by atoms with Crippen LogP contribution in [0.25, 0.3) is 0 Å². The van der Waals surface area contributed by atoms with Gasteiger partial charge in [-0.25, -0.2) is 13.4 Å². The molecule has 0 atom stereocenters. The Labute approximate surface area is 173 Å². The molecule has 2 rings (SSSR count). The molecule has 0 bridgehead atoms. The molecule has 0 amide bonds. The van der Waals surface area contributed by atoms with Crippen molar-refractivity contribution in [1.82, 2.24) is 9.40 Å². The highest BCUT2D eigenvalue weighted by atomic mass is 35.5. The van der Waals surface area contributed by atoms with Crippen molar-refractivity contribution in [2.24, 2.45) is 0 Å². The summed E-state index contributed by atoms with van der Waals surface area (Å²) in [5.41, 5.74) is -2.34. The fraction of sp³-hybridized carbons (Fsp3) is 0.235. The van der Waals surface area contributed by atoms with Crippen LogP contribution in [0.2, 0.25) is 5.02 Å². The summed E-state index contributed by atoms with van der Waals surface area (Å²) in [4.78, 5) is 2.88. The Morgan fingerprint density at radius 2 is 1.70 bits per heavy atom. The molecule has 0 aliphatic heterocycles. The monoisotopic (exact) mass is 473 g/mol. The van der Waals surface area contributed by atoms with Gasteiger partial charge in [-0.2, -0.15) is 26.3 Å². The number of nitrogens with zero attached hydrogens (tertiary/aromatic N) is 3. The third-order valence-corrected chi connectivity index (χ3v) is 5.89. The van der Waals surface area contributed by atoms with Gasteiger partial charge in [0.25, 0.3) is 10.0 Å². The van der Waals surface area contributed by atoms with Gasteiger partial charge in [0.2, 0.25) is 0 Å². The number of halogens is 7. The predicted octanol–water partition coefficient (Wildman–Crippen LogP) is 5.00. The zero-order valence-electron chi connectivity index (χ0n) is 15.2. The smallest absolute Gasteiger partial charge is 0.277 e. The van der Waals surface area contributed by atoms with Crippen LogP contribution in [-0.2, 0) is 22.4 Å². The Morgan fingerprint density at radius 1 is 1.10 bits per heavy atom. The number of sulfonamides is 1. The molecule has 0 aliphatic rings. The van der Waals surface area contributed by atoms with Crippen LogP contribution in [0.1, 0.15) is 11.1 Å². The van der Waals surface area contributed by atoms with Crippen LogP contribution in [-0.4, -0.2) is 31.4 Å². The quantitative estimate of drug-likeness (QED) is 0.336. The molecule has 0 radical (unpaired) electrons. The standard InChI is InChI=1S/C17H14ClF6N3O2S/c1-3-7-27(26(2)15-14(18)9-12(10-25-15)17(22,23)24)30(28,29)13-6-4-5-11(8-13)16(19,20)21/h3-6,8-10H,1,7H2,2H3. The van der Waals surface area contributed by atoms with Gasteiger partial charge >= 0.3 is 12.4 Å². The Bertz CT molecular complexity index is 1040. The first-order valence-corrected chi connectivity index (χ1v) is 9.78. The van der Waals surface area contributed by atoms with Crippen molar-refractivity contribution in [2.45, 2.75) is 17.2 Å². The van der Waals surface area contributed by atoms with Crippen molar-refractivity contribution in [2.75, 3.05) is 18.6 Å². The van der Waals surface area contributed by atoms with E-state index in [1.165, 1.54) is 0 Å². The van der Waals surface area contributed by atoms with E-state index in [1.807, 2.05) is 0 Å². The Kier molecular flexibility index (Phi) is 6.74. The van der Waals surface area contributed by atoms with E-state index < -0.39 is 50.0 Å². The number of alkyl halides is 6. The van der Waals surface area contributed by atoms with Gasteiger partial charge in [-0.15, -0.1) is 11.0 Å². The van der Waals surface area contributed by atoms with E-state index in [2.05, 4.69) is 11.6 Å². The molecule has 0 saturated heterocycles. The zero-order valence-corrected chi connectivity index (χ0v) is 16.7. The Balaban J connectivity index is 2.52. The Hall–Kier alpha value is -2.31. The first-order valence-electron chi connectivity index (χ1n) is 7.97. The molecule has 164 valence electrons. The highest BCUT2D eigenvalue weighted by molar-refractivity contribution is 7.89. The first-order chi connectivity index (χ1) is 13.7. The topological polar surface area (TPSA) is 53.5 Å². The van der Waals surface area contributed by atoms with Gasteiger partial charge in [0.1, 0.15) is 0 Å². The minimum absolute atomic E-state index is 0.359. The summed E-state index contributed by atoms with van der Waals surface area (Å²) in [6, 6.07) is 3.58. The largest absolute Gasteiger partial charge is 0.417 e. The summed E-state index contributed by atoms with van der Waals surface area (Å²) in [5, 5.41) is 0.306. The summed E-state index contributed by atoms with van der Waals surface area (Å²) in [7, 11) is -3.45. The minimum Gasteiger partial charge on any atom is -0.277 e. The van der Waals surface area contributed by atoms with E-state index >= 15 is 0 Å². The molecule has 5 nitrogen and oxygen atoms in total. The molecule has 1 heterocycles.